The molecule has 0 bridgehead atoms. The number of nitrogens with two attached hydrogens (primary N) is 1. The van der Waals surface area contributed by atoms with Crippen molar-refractivity contribution in [3.63, 3.8) is 0 Å². The van der Waals surface area contributed by atoms with Gasteiger partial charge in [-0.3, -0.25) is 9.59 Å². The van der Waals surface area contributed by atoms with E-state index in [0.29, 0.717) is 11.4 Å². The third-order valence-electron chi connectivity index (χ3n) is 5.17. The average Bonchev–Trinajstić information content (AvgIpc) is 2.76. The van der Waals surface area contributed by atoms with Gasteiger partial charge < -0.3 is 20.7 Å². The Balaban J connectivity index is 1.55. The number of nitrogens with zero attached hydrogens (tertiary/aromatic N) is 1. The maximum absolute atomic E-state index is 13.0. The summed E-state index contributed by atoms with van der Waals surface area (Å²) >= 11 is 0. The van der Waals surface area contributed by atoms with Gasteiger partial charge in [0.15, 0.2) is 6.10 Å². The van der Waals surface area contributed by atoms with E-state index in [4.69, 9.17) is 10.5 Å². The molecule has 2 unspecified atom stereocenters. The minimum absolute atomic E-state index is 0.136. The van der Waals surface area contributed by atoms with Crippen LogP contribution in [0, 0.1) is 0 Å². The van der Waals surface area contributed by atoms with E-state index in [1.807, 2.05) is 60.7 Å². The van der Waals surface area contributed by atoms with Crippen molar-refractivity contribution in [2.45, 2.75) is 19.1 Å². The van der Waals surface area contributed by atoms with Crippen LogP contribution in [0.25, 0.3) is 10.8 Å². The van der Waals surface area contributed by atoms with Crippen LogP contribution in [0.2, 0.25) is 0 Å². The van der Waals surface area contributed by atoms with Gasteiger partial charge in [-0.1, -0.05) is 48.5 Å². The highest BCUT2D eigenvalue weighted by atomic mass is 16.5. The zero-order valence-corrected chi connectivity index (χ0v) is 16.2. The fourth-order valence-electron chi connectivity index (χ4n) is 3.64. The molecule has 2 amide bonds. The Labute approximate surface area is 169 Å². The number of carbonyl (C=O) groups excluding carboxylic acids is 2. The minimum Gasteiger partial charge on any atom is -0.477 e. The minimum atomic E-state index is -0.802. The first kappa shape index (κ1) is 19.0. The first-order chi connectivity index (χ1) is 14.1. The Kier molecular flexibility index (Phi) is 5.18. The van der Waals surface area contributed by atoms with Gasteiger partial charge in [-0.15, -0.1) is 0 Å². The van der Waals surface area contributed by atoms with E-state index in [2.05, 4.69) is 5.32 Å². The van der Waals surface area contributed by atoms with Gasteiger partial charge in [0.25, 0.3) is 5.91 Å². The molecule has 0 fully saturated rings. The Hall–Kier alpha value is -3.38. The van der Waals surface area contributed by atoms with Crippen LogP contribution in [0.15, 0.2) is 66.7 Å². The van der Waals surface area contributed by atoms with Gasteiger partial charge in [-0.25, -0.2) is 0 Å². The Morgan fingerprint density at radius 3 is 2.59 bits per heavy atom. The molecule has 0 aliphatic carbocycles. The summed E-state index contributed by atoms with van der Waals surface area (Å²) in [5.41, 5.74) is 7.56. The van der Waals surface area contributed by atoms with Crippen LogP contribution in [0.5, 0.6) is 5.75 Å². The highest BCUT2D eigenvalue weighted by Crippen LogP contribution is 2.33. The highest BCUT2D eigenvalue weighted by molar-refractivity contribution is 5.96. The molecule has 6 nitrogen and oxygen atoms in total. The number of fused-ring (bicyclic) bond motifs is 2. The maximum atomic E-state index is 13.0. The standard InChI is InChI=1S/C23H23N3O3/c1-15(27)26-14-22(29-21-9-5-4-8-20(21)26)23(28)25-19(13-24)18-11-10-16-6-2-3-7-17(16)12-18/h2-12,19,22H,13-14,24H2,1H3,(H,25,28). The van der Waals surface area contributed by atoms with Crippen LogP contribution in [-0.4, -0.2) is 31.0 Å². The number of benzene rings is 3. The molecule has 148 valence electrons. The number of amides is 2. The summed E-state index contributed by atoms with van der Waals surface area (Å²) in [6.07, 6.45) is -0.802. The number of anilines is 1. The van der Waals surface area contributed by atoms with Crippen LogP contribution in [0.3, 0.4) is 0 Å². The van der Waals surface area contributed by atoms with Crippen LogP contribution >= 0.6 is 0 Å². The van der Waals surface area contributed by atoms with E-state index in [1.165, 1.54) is 6.92 Å². The zero-order chi connectivity index (χ0) is 20.4. The molecular weight excluding hydrogens is 366 g/mol. The predicted molar refractivity (Wildman–Crippen MR) is 113 cm³/mol. The van der Waals surface area contributed by atoms with Crippen molar-refractivity contribution in [2.75, 3.05) is 18.0 Å². The van der Waals surface area contributed by atoms with E-state index < -0.39 is 6.10 Å². The Morgan fingerprint density at radius 2 is 1.83 bits per heavy atom. The van der Waals surface area contributed by atoms with Gasteiger partial charge in [-0.2, -0.15) is 0 Å². The van der Waals surface area contributed by atoms with E-state index >= 15 is 0 Å². The largest absolute Gasteiger partial charge is 0.477 e. The van der Waals surface area contributed by atoms with Crippen molar-refractivity contribution in [3.8, 4) is 5.75 Å². The van der Waals surface area contributed by atoms with Crippen molar-refractivity contribution in [2.24, 2.45) is 5.73 Å². The molecule has 0 saturated carbocycles. The first-order valence-corrected chi connectivity index (χ1v) is 9.60. The summed E-state index contributed by atoms with van der Waals surface area (Å²) in [5.74, 6) is 0.0851. The van der Waals surface area contributed by atoms with Gasteiger partial charge in [0.05, 0.1) is 18.3 Å². The molecule has 0 saturated heterocycles. The molecule has 29 heavy (non-hydrogen) atoms. The molecule has 1 heterocycles. The first-order valence-electron chi connectivity index (χ1n) is 9.60. The molecule has 2 atom stereocenters. The van der Waals surface area contributed by atoms with Crippen LogP contribution in [0.4, 0.5) is 5.69 Å². The molecular formula is C23H23N3O3. The number of hydrogen-bond donors (Lipinski definition) is 2. The second-order valence-electron chi connectivity index (χ2n) is 7.11. The summed E-state index contributed by atoms with van der Waals surface area (Å²) in [7, 11) is 0. The number of ether oxygens (including phenoxy) is 1. The second-order valence-corrected chi connectivity index (χ2v) is 7.11. The quantitative estimate of drug-likeness (QED) is 0.719. The highest BCUT2D eigenvalue weighted by Gasteiger charge is 2.33. The molecule has 6 heteroatoms. The van der Waals surface area contributed by atoms with Gasteiger partial charge in [0, 0.05) is 13.5 Å². The zero-order valence-electron chi connectivity index (χ0n) is 16.2. The molecule has 0 aromatic heterocycles. The topological polar surface area (TPSA) is 84.7 Å². The number of rotatable bonds is 4. The molecule has 1 aliphatic rings. The fraction of sp³-hybridized carbons (Fsp3) is 0.217. The lowest BCUT2D eigenvalue weighted by molar-refractivity contribution is -0.129. The number of nitrogens with one attached hydrogen (secondary N) is 1. The van der Waals surface area contributed by atoms with Crippen molar-refractivity contribution < 1.29 is 14.3 Å². The van der Waals surface area contributed by atoms with Crippen molar-refractivity contribution in [1.82, 2.24) is 5.32 Å². The summed E-state index contributed by atoms with van der Waals surface area (Å²) in [4.78, 5) is 26.6. The molecule has 4 rings (SSSR count). The van der Waals surface area contributed by atoms with Gasteiger partial charge in [0.1, 0.15) is 5.75 Å². The second kappa shape index (κ2) is 7.93. The smallest absolute Gasteiger partial charge is 0.263 e. The monoisotopic (exact) mass is 389 g/mol. The van der Waals surface area contributed by atoms with E-state index in [-0.39, 0.29) is 30.9 Å². The lowest BCUT2D eigenvalue weighted by atomic mass is 10.0. The SMILES string of the molecule is CC(=O)N1CC(C(=O)NC(CN)c2ccc3ccccc3c2)Oc2ccccc21. The van der Waals surface area contributed by atoms with E-state index in [0.717, 1.165) is 16.3 Å². The number of para-hydroxylation sites is 2. The average molecular weight is 389 g/mol. The summed E-state index contributed by atoms with van der Waals surface area (Å²) in [5, 5.41) is 5.19. The fourth-order valence-corrected chi connectivity index (χ4v) is 3.64. The van der Waals surface area contributed by atoms with Crippen LogP contribution in [-0.2, 0) is 9.59 Å². The third-order valence-corrected chi connectivity index (χ3v) is 5.17. The van der Waals surface area contributed by atoms with Crippen LogP contribution in [0.1, 0.15) is 18.5 Å². The predicted octanol–water partition coefficient (Wildman–Crippen LogP) is 2.77. The molecule has 1 aliphatic heterocycles. The lowest BCUT2D eigenvalue weighted by Crippen LogP contribution is -2.51. The summed E-state index contributed by atoms with van der Waals surface area (Å²) < 4.78 is 5.88. The Morgan fingerprint density at radius 1 is 1.10 bits per heavy atom. The number of hydrogen-bond acceptors (Lipinski definition) is 4. The lowest BCUT2D eigenvalue weighted by Gasteiger charge is -2.34. The van der Waals surface area contributed by atoms with Gasteiger partial charge >= 0.3 is 0 Å². The van der Waals surface area contributed by atoms with Gasteiger partial charge in [-0.05, 0) is 34.5 Å². The third kappa shape index (κ3) is 3.79. The summed E-state index contributed by atoms with van der Waals surface area (Å²) in [6, 6.07) is 20.9. The van der Waals surface area contributed by atoms with Crippen LogP contribution < -0.4 is 20.7 Å². The van der Waals surface area contributed by atoms with E-state index in [1.54, 1.807) is 11.0 Å². The normalized spacial score (nSPS) is 16.6. The summed E-state index contributed by atoms with van der Waals surface area (Å²) in [6.45, 7) is 1.89. The molecule has 3 aromatic carbocycles. The van der Waals surface area contributed by atoms with Crippen molar-refractivity contribution in [3.05, 3.63) is 72.3 Å². The molecule has 0 radical (unpaired) electrons. The number of carbonyl (C=O) groups is 2. The molecule has 0 spiro atoms. The van der Waals surface area contributed by atoms with Gasteiger partial charge in [0.2, 0.25) is 5.91 Å². The maximum Gasteiger partial charge on any atom is 0.263 e. The van der Waals surface area contributed by atoms with E-state index in [9.17, 15) is 9.59 Å². The Bertz CT molecular complexity index is 1070. The molecule has 3 aromatic rings. The van der Waals surface area contributed by atoms with Crippen molar-refractivity contribution in [1.29, 1.82) is 0 Å². The molecule has 3 N–H and O–H groups in total. The van der Waals surface area contributed by atoms with Crippen molar-refractivity contribution >= 4 is 28.3 Å².